The summed E-state index contributed by atoms with van der Waals surface area (Å²) in [7, 11) is 0. The fourth-order valence-electron chi connectivity index (χ4n) is 5.29. The molecule has 0 fully saturated rings. The Hall–Kier alpha value is -2.10. The fourth-order valence-corrected chi connectivity index (χ4v) is 5.29. The molecule has 0 spiro atoms. The van der Waals surface area contributed by atoms with Crippen molar-refractivity contribution in [3.63, 3.8) is 0 Å². The van der Waals surface area contributed by atoms with Crippen LogP contribution in [0.4, 0.5) is 0 Å². The van der Waals surface area contributed by atoms with E-state index < -0.39 is 0 Å². The highest BCUT2D eigenvalue weighted by atomic mass is 16.5. The van der Waals surface area contributed by atoms with E-state index in [2.05, 4.69) is 62.5 Å². The summed E-state index contributed by atoms with van der Waals surface area (Å²) in [4.78, 5) is 23.8. The number of hydrogen-bond donors (Lipinski definition) is 0. The lowest BCUT2D eigenvalue weighted by atomic mass is 10.0. The second-order valence-corrected chi connectivity index (χ2v) is 12.8. The topological polar surface area (TPSA) is 52.6 Å². The molecular formula is C42H74O4. The lowest BCUT2D eigenvalue weighted by Crippen LogP contribution is -2.08. The SMILES string of the molecule is CCCCCC=CCC=CCC=CCC=CCCCC(=O)OCCCCOC(=O)CCCCCCCCCCCCCCCCC. The highest BCUT2D eigenvalue weighted by molar-refractivity contribution is 5.69. The molecule has 0 N–H and O–H groups in total. The van der Waals surface area contributed by atoms with Gasteiger partial charge in [0.25, 0.3) is 0 Å². The van der Waals surface area contributed by atoms with Crippen molar-refractivity contribution in [2.24, 2.45) is 0 Å². The average molecular weight is 643 g/mol. The van der Waals surface area contributed by atoms with Crippen molar-refractivity contribution < 1.29 is 19.1 Å². The molecule has 4 heteroatoms. The molecule has 0 bridgehead atoms. The third-order valence-corrected chi connectivity index (χ3v) is 8.26. The zero-order chi connectivity index (χ0) is 33.4. The zero-order valence-corrected chi connectivity index (χ0v) is 30.5. The van der Waals surface area contributed by atoms with Gasteiger partial charge in [0.2, 0.25) is 0 Å². The van der Waals surface area contributed by atoms with Crippen LogP contribution in [-0.4, -0.2) is 25.2 Å². The van der Waals surface area contributed by atoms with Crippen LogP contribution in [0.15, 0.2) is 48.6 Å². The fraction of sp³-hybridized carbons (Fsp3) is 0.762. The van der Waals surface area contributed by atoms with E-state index in [1.807, 2.05) is 0 Å². The summed E-state index contributed by atoms with van der Waals surface area (Å²) in [6.07, 6.45) is 49.7. The first-order valence-electron chi connectivity index (χ1n) is 19.6. The van der Waals surface area contributed by atoms with Gasteiger partial charge in [0.1, 0.15) is 0 Å². The van der Waals surface area contributed by atoms with Crippen molar-refractivity contribution >= 4 is 11.9 Å². The van der Waals surface area contributed by atoms with Crippen LogP contribution >= 0.6 is 0 Å². The van der Waals surface area contributed by atoms with Crippen LogP contribution in [0.1, 0.15) is 194 Å². The summed E-state index contributed by atoms with van der Waals surface area (Å²) in [6.45, 7) is 5.34. The van der Waals surface area contributed by atoms with Gasteiger partial charge in [-0.15, -0.1) is 0 Å². The molecule has 0 atom stereocenters. The van der Waals surface area contributed by atoms with Gasteiger partial charge in [0.15, 0.2) is 0 Å². The van der Waals surface area contributed by atoms with Crippen molar-refractivity contribution in [1.82, 2.24) is 0 Å². The standard InChI is InChI=1S/C42H74O4/c1-3-5-7-9-11-13-15-17-19-20-22-24-26-28-30-32-34-38-42(44)46-40-36-35-39-45-41(43)37-33-31-29-27-25-23-21-18-16-14-12-10-8-6-4-2/h11,13,17,19,22,24,28,30H,3-10,12,14-16,18,20-21,23,25-27,29,31-40H2,1-2H3. The molecule has 0 unspecified atom stereocenters. The molecule has 0 amide bonds. The minimum absolute atomic E-state index is 0.0939. The third kappa shape index (κ3) is 38.1. The van der Waals surface area contributed by atoms with Gasteiger partial charge in [-0.1, -0.05) is 165 Å². The number of unbranched alkanes of at least 4 members (excludes halogenated alkanes) is 19. The highest BCUT2D eigenvalue weighted by Gasteiger charge is 2.04. The maximum Gasteiger partial charge on any atom is 0.305 e. The predicted molar refractivity (Wildman–Crippen MR) is 199 cm³/mol. The van der Waals surface area contributed by atoms with Crippen LogP contribution in [0.2, 0.25) is 0 Å². The van der Waals surface area contributed by atoms with Gasteiger partial charge in [-0.25, -0.2) is 0 Å². The summed E-state index contributed by atoms with van der Waals surface area (Å²) in [5.74, 6) is -0.232. The molecule has 0 heterocycles. The Kier molecular flexibility index (Phi) is 37.3. The number of esters is 2. The van der Waals surface area contributed by atoms with Crippen molar-refractivity contribution in [2.45, 2.75) is 194 Å². The summed E-state index contributed by atoms with van der Waals surface area (Å²) in [6, 6.07) is 0. The molecule has 0 saturated heterocycles. The maximum atomic E-state index is 11.9. The van der Waals surface area contributed by atoms with Gasteiger partial charge in [0, 0.05) is 12.8 Å². The van der Waals surface area contributed by atoms with Crippen LogP contribution in [0, 0.1) is 0 Å². The first-order chi connectivity index (χ1) is 22.7. The highest BCUT2D eigenvalue weighted by Crippen LogP contribution is 2.14. The molecule has 0 radical (unpaired) electrons. The van der Waals surface area contributed by atoms with Crippen molar-refractivity contribution in [3.8, 4) is 0 Å². The average Bonchev–Trinajstić information content (AvgIpc) is 3.06. The summed E-state index contributed by atoms with van der Waals surface area (Å²) < 4.78 is 10.7. The number of carbonyl (C=O) groups excluding carboxylic acids is 2. The molecular weight excluding hydrogens is 568 g/mol. The Morgan fingerprint density at radius 3 is 1.13 bits per heavy atom. The number of hydrogen-bond acceptors (Lipinski definition) is 4. The lowest BCUT2D eigenvalue weighted by molar-refractivity contribution is -0.146. The van der Waals surface area contributed by atoms with E-state index in [-0.39, 0.29) is 11.9 Å². The molecule has 0 aromatic carbocycles. The summed E-state index contributed by atoms with van der Waals surface area (Å²) >= 11 is 0. The molecule has 46 heavy (non-hydrogen) atoms. The molecule has 266 valence electrons. The Labute approximate surface area is 285 Å². The largest absolute Gasteiger partial charge is 0.466 e. The number of ether oxygens (including phenoxy) is 2. The van der Waals surface area contributed by atoms with Gasteiger partial charge in [-0.2, -0.15) is 0 Å². The van der Waals surface area contributed by atoms with Crippen molar-refractivity contribution in [3.05, 3.63) is 48.6 Å². The van der Waals surface area contributed by atoms with E-state index in [0.717, 1.165) is 57.8 Å². The molecule has 0 rings (SSSR count). The minimum Gasteiger partial charge on any atom is -0.466 e. The molecule has 0 aliphatic rings. The van der Waals surface area contributed by atoms with Crippen LogP contribution in [-0.2, 0) is 19.1 Å². The predicted octanol–water partition coefficient (Wildman–Crippen LogP) is 13.3. The number of rotatable bonds is 35. The quantitative estimate of drug-likeness (QED) is 0.0392. The number of carbonyl (C=O) groups is 2. The van der Waals surface area contributed by atoms with E-state index >= 15 is 0 Å². The molecule has 0 aliphatic heterocycles. The van der Waals surface area contributed by atoms with Gasteiger partial charge >= 0.3 is 11.9 Å². The Morgan fingerprint density at radius 2 is 0.696 bits per heavy atom. The smallest absolute Gasteiger partial charge is 0.305 e. The lowest BCUT2D eigenvalue weighted by Gasteiger charge is -2.06. The van der Waals surface area contributed by atoms with E-state index in [4.69, 9.17) is 9.47 Å². The Balaban J connectivity index is 3.40. The van der Waals surface area contributed by atoms with Crippen molar-refractivity contribution in [1.29, 1.82) is 0 Å². The van der Waals surface area contributed by atoms with Gasteiger partial charge < -0.3 is 9.47 Å². The van der Waals surface area contributed by atoms with E-state index in [1.54, 1.807) is 0 Å². The van der Waals surface area contributed by atoms with Crippen LogP contribution in [0.3, 0.4) is 0 Å². The first-order valence-corrected chi connectivity index (χ1v) is 19.6. The first kappa shape index (κ1) is 43.9. The molecule has 0 aromatic rings. The summed E-state index contributed by atoms with van der Waals surface area (Å²) in [5.41, 5.74) is 0. The van der Waals surface area contributed by atoms with E-state index in [9.17, 15) is 9.59 Å². The van der Waals surface area contributed by atoms with Gasteiger partial charge in [-0.05, 0) is 64.2 Å². The van der Waals surface area contributed by atoms with Gasteiger partial charge in [0.05, 0.1) is 13.2 Å². The minimum atomic E-state index is -0.138. The summed E-state index contributed by atoms with van der Waals surface area (Å²) in [5, 5.41) is 0. The molecule has 0 saturated carbocycles. The molecule has 0 aliphatic carbocycles. The van der Waals surface area contributed by atoms with Crippen molar-refractivity contribution in [2.75, 3.05) is 13.2 Å². The monoisotopic (exact) mass is 643 g/mol. The molecule has 4 nitrogen and oxygen atoms in total. The van der Waals surface area contributed by atoms with E-state index in [0.29, 0.717) is 26.1 Å². The maximum absolute atomic E-state index is 11.9. The molecule has 0 aromatic heterocycles. The van der Waals surface area contributed by atoms with Crippen LogP contribution in [0.25, 0.3) is 0 Å². The third-order valence-electron chi connectivity index (χ3n) is 8.26. The normalized spacial score (nSPS) is 12.0. The number of allylic oxidation sites excluding steroid dienone is 8. The van der Waals surface area contributed by atoms with Gasteiger partial charge in [-0.3, -0.25) is 9.59 Å². The van der Waals surface area contributed by atoms with Crippen LogP contribution < -0.4 is 0 Å². The van der Waals surface area contributed by atoms with Crippen LogP contribution in [0.5, 0.6) is 0 Å². The second kappa shape index (κ2) is 39.1. The Bertz CT molecular complexity index is 764. The second-order valence-electron chi connectivity index (χ2n) is 12.8. The Morgan fingerprint density at radius 1 is 0.370 bits per heavy atom. The van der Waals surface area contributed by atoms with E-state index in [1.165, 1.54) is 109 Å². The zero-order valence-electron chi connectivity index (χ0n) is 30.5.